The molecule has 4 saturated carbocycles. The highest BCUT2D eigenvalue weighted by Gasteiger charge is 2.56. The quantitative estimate of drug-likeness (QED) is 0.806. The summed E-state index contributed by atoms with van der Waals surface area (Å²) >= 11 is 0. The van der Waals surface area contributed by atoms with Gasteiger partial charge in [0.15, 0.2) is 0 Å². The van der Waals surface area contributed by atoms with Crippen LogP contribution in [0.4, 0.5) is 18.9 Å². The Hall–Kier alpha value is -1.56. The molecule has 1 aromatic rings. The Kier molecular flexibility index (Phi) is 4.10. The molecule has 0 saturated heterocycles. The summed E-state index contributed by atoms with van der Waals surface area (Å²) < 4.78 is 38.3. The van der Waals surface area contributed by atoms with Gasteiger partial charge in [0, 0.05) is 12.1 Å². The van der Waals surface area contributed by atoms with Crippen molar-refractivity contribution in [1.29, 1.82) is 0 Å². The largest absolute Gasteiger partial charge is 0.416 e. The van der Waals surface area contributed by atoms with Crippen LogP contribution in [0.3, 0.4) is 0 Å². The number of nitrogens with one attached hydrogen (secondary N) is 1. The van der Waals surface area contributed by atoms with Crippen molar-refractivity contribution < 1.29 is 23.1 Å². The van der Waals surface area contributed by atoms with Crippen LogP contribution in [-0.2, 0) is 11.0 Å². The van der Waals surface area contributed by atoms with E-state index in [1.54, 1.807) is 0 Å². The lowest BCUT2D eigenvalue weighted by Crippen LogP contribution is -2.55. The second-order valence-electron chi connectivity index (χ2n) is 8.81. The van der Waals surface area contributed by atoms with Gasteiger partial charge >= 0.3 is 6.18 Å². The monoisotopic (exact) mass is 367 g/mol. The van der Waals surface area contributed by atoms with Gasteiger partial charge in [0.1, 0.15) is 0 Å². The van der Waals surface area contributed by atoms with Gasteiger partial charge in [-0.05, 0) is 80.4 Å². The summed E-state index contributed by atoms with van der Waals surface area (Å²) in [6.45, 7) is 0. The topological polar surface area (TPSA) is 49.3 Å². The zero-order valence-corrected chi connectivity index (χ0v) is 14.6. The van der Waals surface area contributed by atoms with Crippen molar-refractivity contribution in [1.82, 2.24) is 0 Å². The Morgan fingerprint density at radius 1 is 1.19 bits per heavy atom. The van der Waals surface area contributed by atoms with E-state index in [0.717, 1.165) is 44.2 Å². The molecule has 0 aromatic heterocycles. The van der Waals surface area contributed by atoms with Crippen LogP contribution in [0.2, 0.25) is 0 Å². The highest BCUT2D eigenvalue weighted by Crippen LogP contribution is 2.63. The summed E-state index contributed by atoms with van der Waals surface area (Å²) in [5.41, 5.74) is -1.11. The summed E-state index contributed by atoms with van der Waals surface area (Å²) in [7, 11) is 0. The number of halogens is 3. The van der Waals surface area contributed by atoms with Gasteiger partial charge < -0.3 is 10.4 Å². The minimum atomic E-state index is -4.42. The van der Waals surface area contributed by atoms with Crippen molar-refractivity contribution in [3.8, 4) is 0 Å². The van der Waals surface area contributed by atoms with Gasteiger partial charge in [-0.15, -0.1) is 0 Å². The van der Waals surface area contributed by atoms with E-state index in [1.165, 1.54) is 18.6 Å². The van der Waals surface area contributed by atoms with Crippen molar-refractivity contribution in [3.63, 3.8) is 0 Å². The molecule has 2 N–H and O–H groups in total. The highest BCUT2D eigenvalue weighted by atomic mass is 19.4. The van der Waals surface area contributed by atoms with Crippen molar-refractivity contribution in [3.05, 3.63) is 29.8 Å². The fraction of sp³-hybridized carbons (Fsp3) is 0.650. The summed E-state index contributed by atoms with van der Waals surface area (Å²) in [5.74, 6) is 0.868. The number of hydrogen-bond acceptors (Lipinski definition) is 2. The maximum Gasteiger partial charge on any atom is 0.416 e. The number of aliphatic hydroxyl groups is 1. The van der Waals surface area contributed by atoms with Crippen LogP contribution in [0.25, 0.3) is 0 Å². The molecular formula is C20H24F3NO2. The number of amides is 1. The fourth-order valence-electron chi connectivity index (χ4n) is 6.07. The zero-order valence-electron chi connectivity index (χ0n) is 14.6. The number of carbonyl (C=O) groups is 1. The first-order valence-corrected chi connectivity index (χ1v) is 9.34. The van der Waals surface area contributed by atoms with Crippen LogP contribution in [-0.4, -0.2) is 16.6 Å². The van der Waals surface area contributed by atoms with Crippen LogP contribution in [0.15, 0.2) is 24.3 Å². The van der Waals surface area contributed by atoms with Crippen LogP contribution in [0.5, 0.6) is 0 Å². The Labute approximate surface area is 151 Å². The molecule has 2 atom stereocenters. The van der Waals surface area contributed by atoms with E-state index < -0.39 is 17.3 Å². The summed E-state index contributed by atoms with van der Waals surface area (Å²) in [6, 6.07) is 4.73. The van der Waals surface area contributed by atoms with Gasteiger partial charge in [-0.3, -0.25) is 4.79 Å². The Balaban J connectivity index is 1.38. The Morgan fingerprint density at radius 2 is 1.88 bits per heavy atom. The molecule has 0 heterocycles. The van der Waals surface area contributed by atoms with E-state index in [9.17, 15) is 23.1 Å². The third-order valence-corrected chi connectivity index (χ3v) is 6.51. The second-order valence-corrected chi connectivity index (χ2v) is 8.81. The van der Waals surface area contributed by atoms with Gasteiger partial charge in [-0.2, -0.15) is 13.2 Å². The lowest BCUT2D eigenvalue weighted by molar-refractivity contribution is -0.166. The fourth-order valence-corrected chi connectivity index (χ4v) is 6.07. The molecule has 5 rings (SSSR count). The molecule has 4 bridgehead atoms. The summed E-state index contributed by atoms with van der Waals surface area (Å²) in [5, 5.41) is 13.4. The molecule has 1 aromatic carbocycles. The number of benzene rings is 1. The number of rotatable bonds is 4. The normalized spacial score (nSPS) is 35.5. The van der Waals surface area contributed by atoms with Crippen molar-refractivity contribution in [2.45, 2.75) is 63.1 Å². The lowest BCUT2D eigenvalue weighted by Gasteiger charge is -2.60. The molecule has 2 unspecified atom stereocenters. The van der Waals surface area contributed by atoms with Gasteiger partial charge in [0.25, 0.3) is 0 Å². The Bertz CT molecular complexity index is 701. The SMILES string of the molecule is O=C(CCC12CC3CC(CC(O)(C3)C1)C2)Nc1cccc(C(F)(F)F)c1. The second kappa shape index (κ2) is 5.98. The maximum absolute atomic E-state index is 12.8. The smallest absolute Gasteiger partial charge is 0.390 e. The van der Waals surface area contributed by atoms with Gasteiger partial charge in [0.2, 0.25) is 5.91 Å². The van der Waals surface area contributed by atoms with E-state index in [0.29, 0.717) is 18.3 Å². The first-order chi connectivity index (χ1) is 12.1. The predicted octanol–water partition coefficient (Wildman–Crippen LogP) is 4.76. The van der Waals surface area contributed by atoms with Gasteiger partial charge in [0.05, 0.1) is 11.2 Å². The van der Waals surface area contributed by atoms with Crippen LogP contribution < -0.4 is 5.32 Å². The molecule has 0 spiro atoms. The molecule has 142 valence electrons. The summed E-state index contributed by atoms with van der Waals surface area (Å²) in [4.78, 5) is 12.3. The standard InChI is InChI=1S/C20H24F3NO2/c21-20(22,23)15-2-1-3-16(7-15)24-17(25)4-5-18-8-13-6-14(9-18)11-19(26,10-13)12-18/h1-3,7,13-14,26H,4-6,8-12H2,(H,24,25). The lowest BCUT2D eigenvalue weighted by atomic mass is 9.47. The number of anilines is 1. The van der Waals surface area contributed by atoms with E-state index >= 15 is 0 Å². The van der Waals surface area contributed by atoms with E-state index in [4.69, 9.17) is 0 Å². The van der Waals surface area contributed by atoms with Gasteiger partial charge in [-0.25, -0.2) is 0 Å². The molecule has 3 nitrogen and oxygen atoms in total. The maximum atomic E-state index is 12.8. The molecule has 0 radical (unpaired) electrons. The molecule has 4 aliphatic rings. The molecule has 4 fully saturated rings. The van der Waals surface area contributed by atoms with Crippen molar-refractivity contribution >= 4 is 11.6 Å². The number of hydrogen-bond donors (Lipinski definition) is 2. The third kappa shape index (κ3) is 3.48. The molecule has 26 heavy (non-hydrogen) atoms. The number of carbonyl (C=O) groups excluding carboxylic acids is 1. The summed E-state index contributed by atoms with van der Waals surface area (Å²) in [6.07, 6.45) is 2.45. The van der Waals surface area contributed by atoms with E-state index in [1.807, 2.05) is 0 Å². The van der Waals surface area contributed by atoms with Crippen molar-refractivity contribution in [2.75, 3.05) is 5.32 Å². The first-order valence-electron chi connectivity index (χ1n) is 9.34. The van der Waals surface area contributed by atoms with Gasteiger partial charge in [-0.1, -0.05) is 6.07 Å². The molecular weight excluding hydrogens is 343 g/mol. The molecule has 6 heteroatoms. The van der Waals surface area contributed by atoms with Crippen molar-refractivity contribution in [2.24, 2.45) is 17.3 Å². The van der Waals surface area contributed by atoms with Crippen LogP contribution in [0.1, 0.15) is 56.9 Å². The van der Waals surface area contributed by atoms with Crippen LogP contribution in [0, 0.1) is 17.3 Å². The molecule has 4 aliphatic carbocycles. The first kappa shape index (κ1) is 17.8. The minimum absolute atomic E-state index is 0.0317. The Morgan fingerprint density at radius 3 is 2.50 bits per heavy atom. The average Bonchev–Trinajstić information content (AvgIpc) is 2.50. The zero-order chi connectivity index (χ0) is 18.6. The third-order valence-electron chi connectivity index (χ3n) is 6.51. The molecule has 1 amide bonds. The average molecular weight is 367 g/mol. The van der Waals surface area contributed by atoms with E-state index in [-0.39, 0.29) is 23.4 Å². The number of alkyl halides is 3. The van der Waals surface area contributed by atoms with Crippen LogP contribution >= 0.6 is 0 Å². The molecule has 0 aliphatic heterocycles. The van der Waals surface area contributed by atoms with E-state index in [2.05, 4.69) is 5.32 Å². The predicted molar refractivity (Wildman–Crippen MR) is 91.4 cm³/mol. The minimum Gasteiger partial charge on any atom is -0.390 e. The highest BCUT2D eigenvalue weighted by molar-refractivity contribution is 5.90.